The van der Waals surface area contributed by atoms with Gasteiger partial charge in [0.2, 0.25) is 11.8 Å². The molecule has 1 saturated heterocycles. The molecule has 1 aliphatic rings. The van der Waals surface area contributed by atoms with Crippen LogP contribution in [0.3, 0.4) is 0 Å². The molecule has 1 unspecified atom stereocenters. The molecule has 27 heavy (non-hydrogen) atoms. The van der Waals surface area contributed by atoms with Crippen molar-refractivity contribution in [1.29, 1.82) is 0 Å². The SMILES string of the molecule is NCCOCCOCCNc1ccc2cn(C3CCC(=O)NC3=O)cc2c1. The number of benzene rings is 1. The van der Waals surface area contributed by atoms with E-state index in [1.165, 1.54) is 0 Å². The van der Waals surface area contributed by atoms with Crippen molar-refractivity contribution in [3.8, 4) is 0 Å². The number of ether oxygens (including phenoxy) is 2. The molecule has 0 spiro atoms. The Morgan fingerprint density at radius 3 is 2.67 bits per heavy atom. The van der Waals surface area contributed by atoms with Gasteiger partial charge in [-0.25, -0.2) is 0 Å². The van der Waals surface area contributed by atoms with E-state index in [-0.39, 0.29) is 17.9 Å². The van der Waals surface area contributed by atoms with Crippen molar-refractivity contribution in [2.45, 2.75) is 18.9 Å². The van der Waals surface area contributed by atoms with Gasteiger partial charge in [-0.15, -0.1) is 0 Å². The van der Waals surface area contributed by atoms with Crippen LogP contribution in [0.2, 0.25) is 0 Å². The van der Waals surface area contributed by atoms with Crippen molar-refractivity contribution in [3.63, 3.8) is 0 Å². The Hall–Kier alpha value is -2.42. The Bertz CT molecular complexity index is 789. The summed E-state index contributed by atoms with van der Waals surface area (Å²) in [5.74, 6) is -0.440. The number of anilines is 1. The van der Waals surface area contributed by atoms with E-state index in [1.807, 2.05) is 35.2 Å². The van der Waals surface area contributed by atoms with E-state index in [0.717, 1.165) is 16.5 Å². The molecule has 1 aromatic carbocycles. The summed E-state index contributed by atoms with van der Waals surface area (Å²) in [4.78, 5) is 23.3. The standard InChI is InChI=1S/C19H26N4O4/c20-5-7-26-9-10-27-8-6-21-16-2-1-14-12-23(13-15(14)11-16)17-3-4-18(24)22-19(17)25/h1-2,11-13,17,21H,3-10,20H2,(H,22,24,25). The molecular formula is C19H26N4O4. The van der Waals surface area contributed by atoms with Crippen LogP contribution in [-0.2, 0) is 19.1 Å². The number of rotatable bonds is 10. The summed E-state index contributed by atoms with van der Waals surface area (Å²) < 4.78 is 12.6. The lowest BCUT2D eigenvalue weighted by molar-refractivity contribution is -0.135. The molecule has 1 aliphatic heterocycles. The summed E-state index contributed by atoms with van der Waals surface area (Å²) in [5, 5.41) is 7.82. The van der Waals surface area contributed by atoms with Gasteiger partial charge in [-0.2, -0.15) is 0 Å². The highest BCUT2D eigenvalue weighted by Crippen LogP contribution is 2.25. The van der Waals surface area contributed by atoms with Crippen molar-refractivity contribution >= 4 is 28.3 Å². The summed E-state index contributed by atoms with van der Waals surface area (Å²) >= 11 is 0. The number of hydrogen-bond donors (Lipinski definition) is 3. The van der Waals surface area contributed by atoms with Crippen LogP contribution < -0.4 is 16.4 Å². The fraction of sp³-hybridized carbons (Fsp3) is 0.474. The van der Waals surface area contributed by atoms with Gasteiger partial charge in [0, 0.05) is 43.0 Å². The maximum atomic E-state index is 12.0. The maximum Gasteiger partial charge on any atom is 0.249 e. The molecule has 2 heterocycles. The van der Waals surface area contributed by atoms with E-state index in [1.54, 1.807) is 0 Å². The van der Waals surface area contributed by atoms with Crippen molar-refractivity contribution < 1.29 is 19.1 Å². The highest BCUT2D eigenvalue weighted by atomic mass is 16.5. The van der Waals surface area contributed by atoms with Crippen LogP contribution >= 0.6 is 0 Å². The molecule has 8 heteroatoms. The molecule has 2 aromatic rings. The third-order valence-corrected chi connectivity index (χ3v) is 4.44. The Balaban J connectivity index is 1.50. The number of carbonyl (C=O) groups is 2. The van der Waals surface area contributed by atoms with E-state index in [2.05, 4.69) is 10.6 Å². The van der Waals surface area contributed by atoms with E-state index in [0.29, 0.717) is 52.4 Å². The average Bonchev–Trinajstić information content (AvgIpc) is 3.07. The second-order valence-electron chi connectivity index (χ2n) is 6.46. The molecule has 2 amide bonds. The summed E-state index contributed by atoms with van der Waals surface area (Å²) in [5.41, 5.74) is 6.33. The third kappa shape index (κ3) is 5.29. The minimum absolute atomic E-state index is 0.201. The van der Waals surface area contributed by atoms with Crippen molar-refractivity contribution in [2.24, 2.45) is 5.73 Å². The zero-order chi connectivity index (χ0) is 19.1. The normalized spacial score (nSPS) is 17.3. The smallest absolute Gasteiger partial charge is 0.249 e. The van der Waals surface area contributed by atoms with E-state index in [9.17, 15) is 9.59 Å². The molecule has 3 rings (SSSR count). The maximum absolute atomic E-state index is 12.0. The van der Waals surface area contributed by atoms with Crippen LogP contribution in [0, 0.1) is 0 Å². The largest absolute Gasteiger partial charge is 0.383 e. The Labute approximate surface area is 158 Å². The van der Waals surface area contributed by atoms with Gasteiger partial charge in [-0.05, 0) is 23.9 Å². The van der Waals surface area contributed by atoms with Crippen LogP contribution in [0.5, 0.6) is 0 Å². The molecule has 1 aromatic heterocycles. The Morgan fingerprint density at radius 2 is 1.89 bits per heavy atom. The molecule has 0 aliphatic carbocycles. The van der Waals surface area contributed by atoms with Crippen LogP contribution in [0.4, 0.5) is 5.69 Å². The zero-order valence-electron chi connectivity index (χ0n) is 15.3. The van der Waals surface area contributed by atoms with Crippen molar-refractivity contribution in [1.82, 2.24) is 9.88 Å². The number of carbonyl (C=O) groups excluding carboxylic acids is 2. The highest BCUT2D eigenvalue weighted by molar-refractivity contribution is 5.99. The van der Waals surface area contributed by atoms with Gasteiger partial charge in [-0.3, -0.25) is 14.9 Å². The number of hydrogen-bond acceptors (Lipinski definition) is 6. The lowest BCUT2D eigenvalue weighted by atomic mass is 10.1. The molecule has 1 atom stereocenters. The summed E-state index contributed by atoms with van der Waals surface area (Å²) in [7, 11) is 0. The van der Waals surface area contributed by atoms with E-state index >= 15 is 0 Å². The van der Waals surface area contributed by atoms with Crippen molar-refractivity contribution in [3.05, 3.63) is 30.6 Å². The second kappa shape index (κ2) is 9.50. The number of fused-ring (bicyclic) bond motifs is 1. The summed E-state index contributed by atoms with van der Waals surface area (Å²) in [6, 6.07) is 5.73. The molecule has 4 N–H and O–H groups in total. The average molecular weight is 374 g/mol. The molecule has 146 valence electrons. The first-order valence-electron chi connectivity index (χ1n) is 9.22. The first kappa shape index (κ1) is 19.3. The van der Waals surface area contributed by atoms with E-state index in [4.69, 9.17) is 15.2 Å². The molecule has 8 nitrogen and oxygen atoms in total. The lowest BCUT2D eigenvalue weighted by Gasteiger charge is -2.21. The van der Waals surface area contributed by atoms with Gasteiger partial charge in [0.15, 0.2) is 0 Å². The number of imide groups is 1. The van der Waals surface area contributed by atoms with Crippen LogP contribution in [0.1, 0.15) is 18.9 Å². The lowest BCUT2D eigenvalue weighted by Crippen LogP contribution is -2.41. The van der Waals surface area contributed by atoms with E-state index < -0.39 is 0 Å². The Kier molecular flexibility index (Phi) is 6.80. The first-order valence-corrected chi connectivity index (χ1v) is 9.22. The number of nitrogens with zero attached hydrogens (tertiary/aromatic N) is 1. The van der Waals surface area contributed by atoms with Crippen LogP contribution in [-0.4, -0.2) is 55.9 Å². The number of nitrogens with one attached hydrogen (secondary N) is 2. The molecule has 1 fully saturated rings. The predicted molar refractivity (Wildman–Crippen MR) is 103 cm³/mol. The topological polar surface area (TPSA) is 108 Å². The van der Waals surface area contributed by atoms with Crippen molar-refractivity contribution in [2.75, 3.05) is 44.8 Å². The predicted octanol–water partition coefficient (Wildman–Crippen LogP) is 1.02. The quantitative estimate of drug-likeness (QED) is 0.423. The molecule has 0 radical (unpaired) electrons. The fourth-order valence-corrected chi connectivity index (χ4v) is 3.09. The minimum atomic E-state index is -0.332. The number of piperidine rings is 1. The van der Waals surface area contributed by atoms with Crippen LogP contribution in [0.25, 0.3) is 10.8 Å². The van der Waals surface area contributed by atoms with Gasteiger partial charge in [0.1, 0.15) is 6.04 Å². The number of aromatic nitrogens is 1. The second-order valence-corrected chi connectivity index (χ2v) is 6.46. The number of amides is 2. The van der Waals surface area contributed by atoms with Gasteiger partial charge < -0.3 is 25.1 Å². The minimum Gasteiger partial charge on any atom is -0.383 e. The fourth-order valence-electron chi connectivity index (χ4n) is 3.09. The first-order chi connectivity index (χ1) is 13.2. The zero-order valence-corrected chi connectivity index (χ0v) is 15.3. The highest BCUT2D eigenvalue weighted by Gasteiger charge is 2.27. The van der Waals surface area contributed by atoms with Gasteiger partial charge in [-0.1, -0.05) is 6.07 Å². The monoisotopic (exact) mass is 374 g/mol. The molecular weight excluding hydrogens is 348 g/mol. The van der Waals surface area contributed by atoms with Crippen LogP contribution in [0.15, 0.2) is 30.6 Å². The van der Waals surface area contributed by atoms with Gasteiger partial charge in [0.25, 0.3) is 0 Å². The molecule has 0 bridgehead atoms. The van der Waals surface area contributed by atoms with Gasteiger partial charge >= 0.3 is 0 Å². The summed E-state index contributed by atoms with van der Waals surface area (Å²) in [6.45, 7) is 3.46. The molecule has 0 saturated carbocycles. The Morgan fingerprint density at radius 1 is 1.11 bits per heavy atom. The summed E-state index contributed by atoms with van der Waals surface area (Å²) in [6.07, 6.45) is 4.80. The number of nitrogens with two attached hydrogens (primary N) is 1. The van der Waals surface area contributed by atoms with Gasteiger partial charge in [0.05, 0.1) is 26.4 Å². The third-order valence-electron chi connectivity index (χ3n) is 4.44.